The van der Waals surface area contributed by atoms with Crippen LogP contribution >= 0.6 is 25.3 Å². The highest BCUT2D eigenvalue weighted by Gasteiger charge is 2.32. The third kappa shape index (κ3) is 10.7. The minimum Gasteiger partial charge on any atom is -0.481 e. The molecule has 14 nitrogen and oxygen atoms in total. The Labute approximate surface area is 200 Å². The largest absolute Gasteiger partial charge is 0.481 e. The summed E-state index contributed by atoms with van der Waals surface area (Å²) >= 11 is 7.78. The van der Waals surface area contributed by atoms with Crippen LogP contribution in [0.3, 0.4) is 0 Å². The fourth-order valence-electron chi connectivity index (χ4n) is 2.25. The highest BCUT2D eigenvalue weighted by Crippen LogP contribution is 2.00. The normalized spacial score (nSPS) is 16.2. The van der Waals surface area contributed by atoms with Crippen molar-refractivity contribution in [3.05, 3.63) is 0 Å². The van der Waals surface area contributed by atoms with Crippen molar-refractivity contribution in [2.45, 2.75) is 56.6 Å². The highest BCUT2D eigenvalue weighted by molar-refractivity contribution is 7.80. The molecule has 0 spiro atoms. The molecular weight excluding hydrogens is 482 g/mol. The maximum absolute atomic E-state index is 12.6. The molecule has 0 saturated carbocycles. The minimum atomic E-state index is -1.75. The summed E-state index contributed by atoms with van der Waals surface area (Å²) in [5.74, 6) is -6.90. The highest BCUT2D eigenvalue weighted by atomic mass is 32.1. The van der Waals surface area contributed by atoms with Crippen molar-refractivity contribution in [1.82, 2.24) is 21.3 Å². The number of hydrogen-bond acceptors (Lipinski definition) is 10. The molecule has 0 aromatic carbocycles. The Kier molecular flexibility index (Phi) is 13.4. The lowest BCUT2D eigenvalue weighted by Crippen LogP contribution is -2.61. The van der Waals surface area contributed by atoms with Gasteiger partial charge in [0, 0.05) is 11.5 Å². The molecule has 6 atom stereocenters. The number of aliphatic hydroxyl groups excluding tert-OH is 1. The van der Waals surface area contributed by atoms with Crippen molar-refractivity contribution in [1.29, 1.82) is 0 Å². The predicted molar refractivity (Wildman–Crippen MR) is 121 cm³/mol. The molecule has 188 valence electrons. The Balaban J connectivity index is 5.22. The number of thiol groups is 2. The number of nitrogens with one attached hydrogen (secondary N) is 4. The number of nitrogens with two attached hydrogens (primary N) is 1. The van der Waals surface area contributed by atoms with Gasteiger partial charge in [-0.15, -0.1) is 0 Å². The first kappa shape index (κ1) is 30.4. The van der Waals surface area contributed by atoms with Gasteiger partial charge in [-0.25, -0.2) is 4.79 Å². The van der Waals surface area contributed by atoms with Crippen LogP contribution in [0.1, 0.15) is 20.3 Å². The van der Waals surface area contributed by atoms with Crippen LogP contribution in [0.4, 0.5) is 0 Å². The molecule has 33 heavy (non-hydrogen) atoms. The third-order valence-electron chi connectivity index (χ3n) is 4.16. The Hall–Kier alpha value is -2.56. The van der Waals surface area contributed by atoms with Crippen LogP contribution in [-0.4, -0.2) is 98.7 Å². The minimum absolute atomic E-state index is 0.0290. The molecule has 0 aliphatic rings. The molecule has 0 aromatic rings. The number of carboxylic acids is 2. The van der Waals surface area contributed by atoms with Gasteiger partial charge in [-0.1, -0.05) is 0 Å². The van der Waals surface area contributed by atoms with E-state index in [-0.39, 0.29) is 11.5 Å². The molecule has 4 amide bonds. The number of carbonyl (C=O) groups is 6. The monoisotopic (exact) mass is 511 g/mol. The molecule has 0 aromatic heterocycles. The number of carboxylic acid groups (broad SMARTS) is 2. The fourth-order valence-corrected chi connectivity index (χ4v) is 2.68. The van der Waals surface area contributed by atoms with E-state index in [1.807, 2.05) is 5.32 Å². The molecule has 0 unspecified atom stereocenters. The van der Waals surface area contributed by atoms with E-state index in [1.165, 1.54) is 13.8 Å². The molecule has 0 fully saturated rings. The molecular formula is C17H29N5O9S2. The van der Waals surface area contributed by atoms with E-state index in [0.717, 1.165) is 0 Å². The number of carbonyl (C=O) groups excluding carboxylic acids is 4. The van der Waals surface area contributed by atoms with Crippen molar-refractivity contribution >= 4 is 60.8 Å². The van der Waals surface area contributed by atoms with Gasteiger partial charge in [0.05, 0.1) is 18.6 Å². The SMILES string of the molecule is C[C@H](NC(=O)[C@@H](N)CS)C(=O)N[C@H](C(=O)N[C@@H](CS)C(=O)N[C@@H](CC(=O)O)C(=O)O)[C@@H](C)O. The lowest BCUT2D eigenvalue weighted by atomic mass is 10.1. The summed E-state index contributed by atoms with van der Waals surface area (Å²) in [7, 11) is 0. The Morgan fingerprint density at radius 2 is 1.33 bits per heavy atom. The van der Waals surface area contributed by atoms with Crippen LogP contribution in [0.2, 0.25) is 0 Å². The molecule has 9 N–H and O–H groups in total. The predicted octanol–water partition coefficient (Wildman–Crippen LogP) is -3.93. The van der Waals surface area contributed by atoms with Crippen molar-refractivity contribution in [2.75, 3.05) is 11.5 Å². The molecule has 0 rings (SSSR count). The molecule has 0 aliphatic heterocycles. The first-order chi connectivity index (χ1) is 15.2. The van der Waals surface area contributed by atoms with Crippen LogP contribution in [0.15, 0.2) is 0 Å². The summed E-state index contributed by atoms with van der Waals surface area (Å²) < 4.78 is 0. The topological polar surface area (TPSA) is 237 Å². The fraction of sp³-hybridized carbons (Fsp3) is 0.647. The second-order valence-electron chi connectivity index (χ2n) is 6.99. The number of aliphatic carboxylic acids is 2. The van der Waals surface area contributed by atoms with Gasteiger partial charge in [-0.2, -0.15) is 25.3 Å². The maximum atomic E-state index is 12.6. The first-order valence-electron chi connectivity index (χ1n) is 9.56. The van der Waals surface area contributed by atoms with E-state index in [4.69, 9.17) is 15.9 Å². The average molecular weight is 512 g/mol. The lowest BCUT2D eigenvalue weighted by Gasteiger charge is -2.26. The molecule has 0 aliphatic carbocycles. The average Bonchev–Trinajstić information content (AvgIpc) is 2.73. The van der Waals surface area contributed by atoms with Gasteiger partial charge in [0.1, 0.15) is 24.2 Å². The molecule has 16 heteroatoms. The van der Waals surface area contributed by atoms with Crippen LogP contribution in [-0.2, 0) is 28.8 Å². The Bertz CT molecular complexity index is 752. The number of rotatable bonds is 14. The number of aliphatic hydroxyl groups is 1. The van der Waals surface area contributed by atoms with Gasteiger partial charge >= 0.3 is 11.9 Å². The van der Waals surface area contributed by atoms with Crippen molar-refractivity contribution < 1.29 is 44.1 Å². The van der Waals surface area contributed by atoms with E-state index in [2.05, 4.69) is 41.2 Å². The summed E-state index contributed by atoms with van der Waals surface area (Å²) in [5, 5.41) is 36.4. The number of amides is 4. The molecule has 0 saturated heterocycles. The second kappa shape index (κ2) is 14.6. The van der Waals surface area contributed by atoms with Gasteiger partial charge in [0.15, 0.2) is 0 Å². The van der Waals surface area contributed by atoms with E-state index in [1.54, 1.807) is 0 Å². The maximum Gasteiger partial charge on any atom is 0.326 e. The second-order valence-corrected chi connectivity index (χ2v) is 7.72. The van der Waals surface area contributed by atoms with Crippen LogP contribution < -0.4 is 27.0 Å². The zero-order valence-corrected chi connectivity index (χ0v) is 19.6. The third-order valence-corrected chi connectivity index (χ3v) is 4.92. The van der Waals surface area contributed by atoms with Gasteiger partial charge in [0.25, 0.3) is 0 Å². The molecule has 0 radical (unpaired) electrons. The summed E-state index contributed by atoms with van der Waals surface area (Å²) in [6, 6.07) is -6.83. The van der Waals surface area contributed by atoms with Crippen molar-refractivity contribution in [3.63, 3.8) is 0 Å². The van der Waals surface area contributed by atoms with Crippen molar-refractivity contribution in [2.24, 2.45) is 5.73 Å². The zero-order valence-electron chi connectivity index (χ0n) is 17.8. The van der Waals surface area contributed by atoms with Crippen LogP contribution in [0, 0.1) is 0 Å². The summed E-state index contributed by atoms with van der Waals surface area (Å²) in [4.78, 5) is 70.8. The van der Waals surface area contributed by atoms with Gasteiger partial charge in [0.2, 0.25) is 23.6 Å². The number of hydrogen-bond donors (Lipinski definition) is 10. The summed E-state index contributed by atoms with van der Waals surface area (Å²) in [6.07, 6.45) is -2.33. The Morgan fingerprint density at radius 3 is 1.76 bits per heavy atom. The summed E-state index contributed by atoms with van der Waals surface area (Å²) in [5.41, 5.74) is 5.50. The molecule has 0 bridgehead atoms. The van der Waals surface area contributed by atoms with Crippen molar-refractivity contribution in [3.8, 4) is 0 Å². The lowest BCUT2D eigenvalue weighted by molar-refractivity contribution is -0.147. The summed E-state index contributed by atoms with van der Waals surface area (Å²) in [6.45, 7) is 2.50. The van der Waals surface area contributed by atoms with Crippen LogP contribution in [0.25, 0.3) is 0 Å². The Morgan fingerprint density at radius 1 is 0.788 bits per heavy atom. The van der Waals surface area contributed by atoms with E-state index in [0.29, 0.717) is 0 Å². The quantitative estimate of drug-likeness (QED) is 0.102. The smallest absolute Gasteiger partial charge is 0.326 e. The van der Waals surface area contributed by atoms with Gasteiger partial charge in [-0.05, 0) is 13.8 Å². The van der Waals surface area contributed by atoms with Crippen LogP contribution in [0.5, 0.6) is 0 Å². The van der Waals surface area contributed by atoms with Gasteiger partial charge < -0.3 is 42.3 Å². The van der Waals surface area contributed by atoms with E-state index < -0.39 is 78.3 Å². The first-order valence-corrected chi connectivity index (χ1v) is 10.8. The van der Waals surface area contributed by atoms with E-state index in [9.17, 15) is 33.9 Å². The standard InChI is InChI=1S/C17H29N5O9S2/c1-6(19-14(27)8(18)4-32)13(26)22-12(7(2)23)16(29)21-10(5-33)15(28)20-9(17(30)31)3-11(24)25/h6-10,12,23,32-33H,3-5,18H2,1-2H3,(H,19,27)(H,20,28)(H,21,29)(H,22,26)(H,24,25)(H,30,31)/t6-,7+,8-,9-,10-,12-/m0/s1. The van der Waals surface area contributed by atoms with Gasteiger partial charge in [-0.3, -0.25) is 24.0 Å². The zero-order chi connectivity index (χ0) is 25.9. The molecule has 0 heterocycles. The van der Waals surface area contributed by atoms with E-state index >= 15 is 0 Å².